The van der Waals surface area contributed by atoms with Gasteiger partial charge in [-0.25, -0.2) is 4.79 Å². The molecule has 1 aliphatic carbocycles. The largest absolute Gasteiger partial charge is 0.481 e. The molecule has 0 aromatic heterocycles. The summed E-state index contributed by atoms with van der Waals surface area (Å²) >= 11 is 0. The van der Waals surface area contributed by atoms with E-state index in [4.69, 9.17) is 9.47 Å². The van der Waals surface area contributed by atoms with Gasteiger partial charge < -0.3 is 19.9 Å². The highest BCUT2D eigenvalue weighted by Gasteiger charge is 2.31. The average molecular weight is 565 g/mol. The van der Waals surface area contributed by atoms with Gasteiger partial charge in [-0.15, -0.1) is 0 Å². The van der Waals surface area contributed by atoms with Crippen LogP contribution >= 0.6 is 0 Å². The maximum atomic E-state index is 13.0. The van der Waals surface area contributed by atoms with Gasteiger partial charge in [0.05, 0.1) is 6.42 Å². The van der Waals surface area contributed by atoms with Crippen LogP contribution in [0, 0.1) is 0 Å². The van der Waals surface area contributed by atoms with Crippen molar-refractivity contribution in [2.45, 2.75) is 109 Å². The number of nitrogens with one attached hydrogen (secondary N) is 1. The number of hydrogen-bond acceptors (Lipinski definition) is 5. The Bertz CT molecular complexity index is 1110. The minimum Gasteiger partial charge on any atom is -0.481 e. The molecule has 41 heavy (non-hydrogen) atoms. The standard InChI is InChI=1S/C34H48N2O5/c1-5-6-7-8-9-10-11-12-17-22-35-32(41-34(2,3)4)30(23-31(37)38)36-33(39)40-24-29-27-20-15-13-18-25(27)26-19-14-16-21-28(26)29/h13-16,18-21,29-30H,5-12,17,22-24H2,1-4H3,(H,36,39)(H,37,38)/t30-/m0/s1. The van der Waals surface area contributed by atoms with Gasteiger partial charge in [-0.2, -0.15) is 0 Å². The molecule has 1 amide bonds. The smallest absolute Gasteiger partial charge is 0.407 e. The second-order valence-corrected chi connectivity index (χ2v) is 11.9. The minimum atomic E-state index is -1.05. The summed E-state index contributed by atoms with van der Waals surface area (Å²) in [4.78, 5) is 29.4. The van der Waals surface area contributed by atoms with Crippen LogP contribution in [0.3, 0.4) is 0 Å². The Morgan fingerprint density at radius 3 is 1.95 bits per heavy atom. The quantitative estimate of drug-likeness (QED) is 0.122. The van der Waals surface area contributed by atoms with E-state index in [9.17, 15) is 14.7 Å². The topological polar surface area (TPSA) is 97.2 Å². The summed E-state index contributed by atoms with van der Waals surface area (Å²) in [5.41, 5.74) is 3.91. The first-order valence-corrected chi connectivity index (χ1v) is 15.3. The number of amides is 1. The normalized spacial score (nSPS) is 13.8. The molecule has 0 aliphatic heterocycles. The summed E-state index contributed by atoms with van der Waals surface area (Å²) in [6, 6.07) is 15.3. The van der Waals surface area contributed by atoms with Gasteiger partial charge in [0.15, 0.2) is 0 Å². The van der Waals surface area contributed by atoms with Crippen LogP contribution in [0.1, 0.15) is 109 Å². The number of hydrogen-bond donors (Lipinski definition) is 2. The summed E-state index contributed by atoms with van der Waals surface area (Å²) in [6.07, 6.45) is 9.75. The van der Waals surface area contributed by atoms with Crippen LogP contribution in [-0.2, 0) is 14.3 Å². The molecule has 0 heterocycles. The van der Waals surface area contributed by atoms with Crippen molar-refractivity contribution in [2.75, 3.05) is 13.2 Å². The number of nitrogens with zero attached hydrogens (tertiary/aromatic N) is 1. The molecule has 2 aromatic carbocycles. The van der Waals surface area contributed by atoms with Crippen molar-refractivity contribution in [3.8, 4) is 11.1 Å². The fourth-order valence-electron chi connectivity index (χ4n) is 5.30. The van der Waals surface area contributed by atoms with E-state index in [2.05, 4.69) is 41.5 Å². The maximum Gasteiger partial charge on any atom is 0.407 e. The van der Waals surface area contributed by atoms with Crippen molar-refractivity contribution >= 4 is 18.0 Å². The van der Waals surface area contributed by atoms with E-state index >= 15 is 0 Å². The number of alkyl carbamates (subject to hydrolysis) is 1. The number of carbonyl (C=O) groups is 2. The van der Waals surface area contributed by atoms with Crippen LogP contribution in [0.5, 0.6) is 0 Å². The van der Waals surface area contributed by atoms with Gasteiger partial charge in [-0.3, -0.25) is 9.79 Å². The Morgan fingerprint density at radius 1 is 0.878 bits per heavy atom. The van der Waals surface area contributed by atoms with E-state index in [0.717, 1.165) is 41.5 Å². The highest BCUT2D eigenvalue weighted by molar-refractivity contribution is 5.89. The van der Waals surface area contributed by atoms with E-state index in [1.165, 1.54) is 38.5 Å². The third-order valence-electron chi connectivity index (χ3n) is 7.25. The maximum absolute atomic E-state index is 13.0. The minimum absolute atomic E-state index is 0.0864. The molecule has 2 N–H and O–H groups in total. The van der Waals surface area contributed by atoms with Crippen LogP contribution in [0.15, 0.2) is 53.5 Å². The lowest BCUT2D eigenvalue weighted by molar-refractivity contribution is -0.137. The summed E-state index contributed by atoms with van der Waals surface area (Å²) < 4.78 is 11.8. The Hall–Kier alpha value is -3.35. The molecular formula is C34H48N2O5. The van der Waals surface area contributed by atoms with E-state index in [1.54, 1.807) is 0 Å². The van der Waals surface area contributed by atoms with Crippen LogP contribution < -0.4 is 5.32 Å². The molecule has 0 radical (unpaired) electrons. The van der Waals surface area contributed by atoms with E-state index in [0.29, 0.717) is 6.54 Å². The zero-order valence-corrected chi connectivity index (χ0v) is 25.3. The van der Waals surface area contributed by atoms with Crippen LogP contribution in [0.25, 0.3) is 11.1 Å². The molecule has 3 rings (SSSR count). The van der Waals surface area contributed by atoms with E-state index in [-0.39, 0.29) is 24.8 Å². The third kappa shape index (κ3) is 10.5. The molecule has 0 spiro atoms. The number of carbonyl (C=O) groups excluding carboxylic acids is 1. The first kappa shape index (κ1) is 32.2. The third-order valence-corrected chi connectivity index (χ3v) is 7.25. The second kappa shape index (κ2) is 16.2. The van der Waals surface area contributed by atoms with Crippen LogP contribution in [0.4, 0.5) is 4.79 Å². The molecule has 0 unspecified atom stereocenters. The fraction of sp³-hybridized carbons (Fsp3) is 0.559. The number of carboxylic acid groups (broad SMARTS) is 1. The first-order valence-electron chi connectivity index (χ1n) is 15.3. The number of benzene rings is 2. The number of aliphatic imine (C=N–C) groups is 1. The van der Waals surface area contributed by atoms with Crippen molar-refractivity contribution in [3.63, 3.8) is 0 Å². The lowest BCUT2D eigenvalue weighted by Gasteiger charge is -2.27. The monoisotopic (exact) mass is 564 g/mol. The van der Waals surface area contributed by atoms with Gasteiger partial charge >= 0.3 is 12.1 Å². The number of ether oxygens (including phenoxy) is 2. The Labute approximate surface area is 245 Å². The second-order valence-electron chi connectivity index (χ2n) is 11.9. The molecule has 0 saturated carbocycles. The first-order chi connectivity index (χ1) is 19.7. The van der Waals surface area contributed by atoms with E-state index < -0.39 is 23.7 Å². The van der Waals surface area contributed by atoms with Crippen molar-refractivity contribution in [1.82, 2.24) is 5.32 Å². The Balaban J connectivity index is 1.60. The molecule has 7 nitrogen and oxygen atoms in total. The SMILES string of the molecule is CCCCCCCCCCCN=C(OC(C)(C)C)[C@H](CC(=O)O)NC(=O)OCC1c2ccccc2-c2ccccc21. The summed E-state index contributed by atoms with van der Waals surface area (Å²) in [7, 11) is 0. The number of aliphatic carboxylic acids is 1. The molecule has 224 valence electrons. The summed E-state index contributed by atoms with van der Waals surface area (Å²) in [5, 5.41) is 12.3. The van der Waals surface area contributed by atoms with Crippen molar-refractivity contribution in [3.05, 3.63) is 59.7 Å². The lowest BCUT2D eigenvalue weighted by atomic mass is 9.98. The number of unbranched alkanes of at least 4 members (excludes halogenated alkanes) is 8. The van der Waals surface area contributed by atoms with Gasteiger partial charge in [0.25, 0.3) is 0 Å². The van der Waals surface area contributed by atoms with Crippen molar-refractivity contribution in [1.29, 1.82) is 0 Å². The zero-order chi connectivity index (χ0) is 29.7. The molecule has 0 fully saturated rings. The van der Waals surface area contributed by atoms with Crippen molar-refractivity contribution < 1.29 is 24.2 Å². The molecule has 0 bridgehead atoms. The number of rotatable bonds is 16. The summed E-state index contributed by atoms with van der Waals surface area (Å²) in [5.74, 6) is -0.910. The fourth-order valence-corrected chi connectivity index (χ4v) is 5.30. The Kier molecular flexibility index (Phi) is 12.7. The molecule has 7 heteroatoms. The lowest BCUT2D eigenvalue weighted by Crippen LogP contribution is -2.46. The summed E-state index contributed by atoms with van der Waals surface area (Å²) in [6.45, 7) is 8.53. The van der Waals surface area contributed by atoms with Gasteiger partial charge in [0, 0.05) is 12.5 Å². The number of fused-ring (bicyclic) bond motifs is 3. The van der Waals surface area contributed by atoms with E-state index in [1.807, 2.05) is 45.0 Å². The predicted molar refractivity (Wildman–Crippen MR) is 165 cm³/mol. The zero-order valence-electron chi connectivity index (χ0n) is 25.3. The molecule has 2 aromatic rings. The predicted octanol–water partition coefficient (Wildman–Crippen LogP) is 8.11. The van der Waals surface area contributed by atoms with Gasteiger partial charge in [-0.1, -0.05) is 107 Å². The van der Waals surface area contributed by atoms with Crippen molar-refractivity contribution in [2.24, 2.45) is 4.99 Å². The Morgan fingerprint density at radius 2 is 1.41 bits per heavy atom. The van der Waals surface area contributed by atoms with Gasteiger partial charge in [-0.05, 0) is 49.4 Å². The molecule has 1 atom stereocenters. The highest BCUT2D eigenvalue weighted by Crippen LogP contribution is 2.44. The van der Waals surface area contributed by atoms with Gasteiger partial charge in [0.2, 0.25) is 5.90 Å². The molecule has 1 aliphatic rings. The van der Waals surface area contributed by atoms with Crippen LogP contribution in [0.2, 0.25) is 0 Å². The van der Waals surface area contributed by atoms with Gasteiger partial charge in [0.1, 0.15) is 18.2 Å². The molecular weight excluding hydrogens is 516 g/mol. The van der Waals surface area contributed by atoms with Crippen LogP contribution in [-0.4, -0.2) is 47.9 Å². The molecule has 0 saturated heterocycles. The number of carboxylic acids is 1. The highest BCUT2D eigenvalue weighted by atomic mass is 16.6. The average Bonchev–Trinajstić information content (AvgIpc) is 3.24.